The monoisotopic (exact) mass is 382 g/mol. The van der Waals surface area contributed by atoms with Gasteiger partial charge in [0.05, 0.1) is 7.11 Å². The highest BCUT2D eigenvalue weighted by atomic mass is 16.6. The summed E-state index contributed by atoms with van der Waals surface area (Å²) in [6.45, 7) is 3.95. The standard InChI is InChI=1S/C22H22O6/c1-14(2)15-4-6-17(7-5-15)26-13-22(24)27-12-16-10-21(23)28-20-11-18(25-3)8-9-19(16)20/h4-11,14H,12-13H2,1-3H3. The van der Waals surface area contributed by atoms with E-state index in [0.717, 1.165) is 0 Å². The lowest BCUT2D eigenvalue weighted by molar-refractivity contribution is -0.147. The molecule has 0 aliphatic heterocycles. The molecule has 2 aromatic carbocycles. The Morgan fingerprint density at radius 3 is 2.43 bits per heavy atom. The van der Waals surface area contributed by atoms with Crippen LogP contribution in [0.4, 0.5) is 0 Å². The van der Waals surface area contributed by atoms with E-state index in [0.29, 0.717) is 33.9 Å². The Kier molecular flexibility index (Phi) is 5.99. The van der Waals surface area contributed by atoms with E-state index in [1.54, 1.807) is 18.2 Å². The zero-order chi connectivity index (χ0) is 20.1. The van der Waals surface area contributed by atoms with Crippen LogP contribution in [-0.2, 0) is 16.1 Å². The molecule has 146 valence electrons. The Balaban J connectivity index is 1.62. The molecule has 0 saturated heterocycles. The maximum Gasteiger partial charge on any atom is 0.344 e. The van der Waals surface area contributed by atoms with E-state index in [1.165, 1.54) is 18.7 Å². The summed E-state index contributed by atoms with van der Waals surface area (Å²) < 4.78 is 21.0. The molecule has 0 radical (unpaired) electrons. The number of fused-ring (bicyclic) bond motifs is 1. The second-order valence-corrected chi connectivity index (χ2v) is 6.63. The van der Waals surface area contributed by atoms with Crippen LogP contribution in [0.25, 0.3) is 11.0 Å². The second kappa shape index (κ2) is 8.61. The predicted octanol–water partition coefficient (Wildman–Crippen LogP) is 4.05. The third kappa shape index (κ3) is 4.71. The summed E-state index contributed by atoms with van der Waals surface area (Å²) in [6.07, 6.45) is 0. The first kappa shape index (κ1) is 19.5. The van der Waals surface area contributed by atoms with Crippen LogP contribution < -0.4 is 15.1 Å². The van der Waals surface area contributed by atoms with Gasteiger partial charge in [0.2, 0.25) is 0 Å². The molecule has 1 aromatic heterocycles. The van der Waals surface area contributed by atoms with E-state index >= 15 is 0 Å². The molecular formula is C22H22O6. The van der Waals surface area contributed by atoms with Crippen molar-refractivity contribution in [2.45, 2.75) is 26.4 Å². The Morgan fingerprint density at radius 2 is 1.75 bits per heavy atom. The molecule has 0 atom stereocenters. The topological polar surface area (TPSA) is 75.0 Å². The van der Waals surface area contributed by atoms with Gasteiger partial charge in [-0.15, -0.1) is 0 Å². The molecule has 0 fully saturated rings. The van der Waals surface area contributed by atoms with Gasteiger partial charge in [-0.2, -0.15) is 0 Å². The quantitative estimate of drug-likeness (QED) is 0.453. The van der Waals surface area contributed by atoms with Gasteiger partial charge in [-0.25, -0.2) is 9.59 Å². The molecule has 0 saturated carbocycles. The lowest BCUT2D eigenvalue weighted by atomic mass is 10.0. The second-order valence-electron chi connectivity index (χ2n) is 6.63. The summed E-state index contributed by atoms with van der Waals surface area (Å²) in [5.74, 6) is 1.07. The van der Waals surface area contributed by atoms with Crippen molar-refractivity contribution in [2.75, 3.05) is 13.7 Å². The molecule has 0 bridgehead atoms. The number of esters is 1. The highest BCUT2D eigenvalue weighted by Gasteiger charge is 2.11. The van der Waals surface area contributed by atoms with Crippen LogP contribution in [0.2, 0.25) is 0 Å². The van der Waals surface area contributed by atoms with Crippen molar-refractivity contribution < 1.29 is 23.4 Å². The average Bonchev–Trinajstić information content (AvgIpc) is 2.70. The van der Waals surface area contributed by atoms with Crippen molar-refractivity contribution in [2.24, 2.45) is 0 Å². The van der Waals surface area contributed by atoms with Crippen molar-refractivity contribution in [1.29, 1.82) is 0 Å². The van der Waals surface area contributed by atoms with Gasteiger partial charge in [0.25, 0.3) is 0 Å². The van der Waals surface area contributed by atoms with Crippen LogP contribution in [0.3, 0.4) is 0 Å². The van der Waals surface area contributed by atoms with E-state index in [2.05, 4.69) is 13.8 Å². The molecule has 28 heavy (non-hydrogen) atoms. The highest BCUT2D eigenvalue weighted by Crippen LogP contribution is 2.23. The Labute approximate surface area is 162 Å². The van der Waals surface area contributed by atoms with E-state index < -0.39 is 11.6 Å². The first-order chi connectivity index (χ1) is 13.5. The maximum atomic E-state index is 12.0. The lowest BCUT2D eigenvalue weighted by Crippen LogP contribution is -2.15. The van der Waals surface area contributed by atoms with Crippen molar-refractivity contribution in [1.82, 2.24) is 0 Å². The number of hydrogen-bond donors (Lipinski definition) is 0. The van der Waals surface area contributed by atoms with Gasteiger partial charge in [0.15, 0.2) is 6.61 Å². The van der Waals surface area contributed by atoms with Gasteiger partial charge in [-0.05, 0) is 35.7 Å². The van der Waals surface area contributed by atoms with Gasteiger partial charge in [0.1, 0.15) is 23.7 Å². The SMILES string of the molecule is COc1ccc2c(COC(=O)COc3ccc(C(C)C)cc3)cc(=O)oc2c1. The number of carbonyl (C=O) groups is 1. The fourth-order valence-electron chi connectivity index (χ4n) is 2.75. The maximum absolute atomic E-state index is 12.0. The third-order valence-electron chi connectivity index (χ3n) is 4.33. The molecule has 3 aromatic rings. The molecule has 1 heterocycles. The van der Waals surface area contributed by atoms with Crippen LogP contribution in [0.5, 0.6) is 11.5 Å². The third-order valence-corrected chi connectivity index (χ3v) is 4.33. The summed E-state index contributed by atoms with van der Waals surface area (Å²) in [7, 11) is 1.53. The Bertz CT molecular complexity index is 1020. The van der Waals surface area contributed by atoms with Gasteiger partial charge in [-0.3, -0.25) is 0 Å². The fourth-order valence-corrected chi connectivity index (χ4v) is 2.75. The molecule has 3 rings (SSSR count). The summed E-state index contributed by atoms with van der Waals surface area (Å²) in [6, 6.07) is 14.0. The minimum atomic E-state index is -0.525. The van der Waals surface area contributed by atoms with Crippen molar-refractivity contribution in [3.63, 3.8) is 0 Å². The van der Waals surface area contributed by atoms with Crippen LogP contribution >= 0.6 is 0 Å². The highest BCUT2D eigenvalue weighted by molar-refractivity contribution is 5.81. The molecule has 0 aliphatic carbocycles. The van der Waals surface area contributed by atoms with Crippen molar-refractivity contribution >= 4 is 16.9 Å². The first-order valence-electron chi connectivity index (χ1n) is 8.95. The fraction of sp³-hybridized carbons (Fsp3) is 0.273. The molecule has 0 amide bonds. The zero-order valence-corrected chi connectivity index (χ0v) is 16.1. The largest absolute Gasteiger partial charge is 0.497 e. The van der Waals surface area contributed by atoms with E-state index in [1.807, 2.05) is 24.3 Å². The normalized spacial score (nSPS) is 10.9. The van der Waals surface area contributed by atoms with Crippen LogP contribution in [0.1, 0.15) is 30.9 Å². The van der Waals surface area contributed by atoms with E-state index in [-0.39, 0.29) is 13.2 Å². The minimum absolute atomic E-state index is 0.0527. The first-order valence-corrected chi connectivity index (χ1v) is 8.95. The summed E-state index contributed by atoms with van der Waals surface area (Å²) in [5.41, 5.74) is 1.61. The van der Waals surface area contributed by atoms with Gasteiger partial charge < -0.3 is 18.6 Å². The predicted molar refractivity (Wildman–Crippen MR) is 105 cm³/mol. The summed E-state index contributed by atoms with van der Waals surface area (Å²) in [4.78, 5) is 23.8. The van der Waals surface area contributed by atoms with Crippen LogP contribution in [-0.4, -0.2) is 19.7 Å². The number of ether oxygens (including phenoxy) is 3. The van der Waals surface area contributed by atoms with Crippen molar-refractivity contribution in [3.8, 4) is 11.5 Å². The van der Waals surface area contributed by atoms with E-state index in [9.17, 15) is 9.59 Å². The van der Waals surface area contributed by atoms with Gasteiger partial charge in [-0.1, -0.05) is 26.0 Å². The summed E-state index contributed by atoms with van der Waals surface area (Å²) in [5, 5.41) is 0.679. The molecule has 0 N–H and O–H groups in total. The molecule has 0 unspecified atom stereocenters. The molecule has 6 nitrogen and oxygen atoms in total. The van der Waals surface area contributed by atoms with Crippen LogP contribution in [0, 0.1) is 0 Å². The molecule has 0 spiro atoms. The summed E-state index contributed by atoms with van der Waals surface area (Å²) >= 11 is 0. The minimum Gasteiger partial charge on any atom is -0.497 e. The van der Waals surface area contributed by atoms with Gasteiger partial charge in [0, 0.05) is 23.1 Å². The lowest BCUT2D eigenvalue weighted by Gasteiger charge is -2.10. The number of rotatable bonds is 7. The van der Waals surface area contributed by atoms with Gasteiger partial charge >= 0.3 is 11.6 Å². The number of hydrogen-bond acceptors (Lipinski definition) is 6. The van der Waals surface area contributed by atoms with Crippen molar-refractivity contribution in [3.05, 3.63) is 70.1 Å². The molecule has 0 aliphatic rings. The number of methoxy groups -OCH3 is 1. The smallest absolute Gasteiger partial charge is 0.344 e. The molecule has 6 heteroatoms. The number of carbonyl (C=O) groups excluding carboxylic acids is 1. The van der Waals surface area contributed by atoms with Crippen LogP contribution in [0.15, 0.2) is 57.7 Å². The van der Waals surface area contributed by atoms with E-state index in [4.69, 9.17) is 18.6 Å². The average molecular weight is 382 g/mol. The molecular weight excluding hydrogens is 360 g/mol. The Hall–Kier alpha value is -3.28. The number of benzene rings is 2. The Morgan fingerprint density at radius 1 is 1.04 bits per heavy atom. The zero-order valence-electron chi connectivity index (χ0n) is 16.1.